The molecule has 1 aromatic rings. The maximum Gasteiger partial charge on any atom is 0.139 e. The van der Waals surface area contributed by atoms with Crippen LogP contribution in [0.4, 0.5) is 0 Å². The minimum atomic E-state index is -0.140. The zero-order chi connectivity index (χ0) is 16.3. The number of hydrogen-bond acceptors (Lipinski definition) is 3. The van der Waals surface area contributed by atoms with E-state index in [0.717, 1.165) is 38.7 Å². The molecule has 3 rings (SSSR count). The molecule has 2 aliphatic carbocycles. The lowest BCUT2D eigenvalue weighted by molar-refractivity contribution is -0.142. The van der Waals surface area contributed by atoms with Gasteiger partial charge in [-0.25, -0.2) is 0 Å². The number of benzene rings is 1. The van der Waals surface area contributed by atoms with E-state index in [9.17, 15) is 4.79 Å². The van der Waals surface area contributed by atoms with E-state index in [0.29, 0.717) is 24.7 Å². The van der Waals surface area contributed by atoms with E-state index in [1.54, 1.807) is 0 Å². The lowest BCUT2D eigenvalue weighted by Gasteiger charge is -2.42. The van der Waals surface area contributed by atoms with E-state index in [2.05, 4.69) is 19.1 Å². The van der Waals surface area contributed by atoms with Crippen molar-refractivity contribution in [3.8, 4) is 0 Å². The molecule has 0 amide bonds. The number of rotatable bonds is 7. The van der Waals surface area contributed by atoms with E-state index < -0.39 is 0 Å². The zero-order valence-electron chi connectivity index (χ0n) is 14.3. The van der Waals surface area contributed by atoms with Gasteiger partial charge in [0.15, 0.2) is 0 Å². The molecule has 2 fully saturated rings. The number of methoxy groups -OCH3 is 1. The largest absolute Gasteiger partial charge is 0.378 e. The molecule has 0 N–H and O–H groups in total. The molecular formula is C20H28O3. The summed E-state index contributed by atoms with van der Waals surface area (Å²) >= 11 is 0. The summed E-state index contributed by atoms with van der Waals surface area (Å²) < 4.78 is 11.6. The average molecular weight is 316 g/mol. The summed E-state index contributed by atoms with van der Waals surface area (Å²) in [4.78, 5) is 12.6. The number of hydrogen-bond donors (Lipinski definition) is 0. The first-order valence-corrected chi connectivity index (χ1v) is 8.80. The molecule has 0 spiro atoms. The average Bonchev–Trinajstić information content (AvgIpc) is 2.93. The van der Waals surface area contributed by atoms with Gasteiger partial charge in [0.05, 0.1) is 12.2 Å². The van der Waals surface area contributed by atoms with E-state index in [1.807, 2.05) is 25.3 Å². The predicted octanol–water partition coefficient (Wildman–Crippen LogP) is 4.15. The first-order chi connectivity index (χ1) is 11.1. The van der Waals surface area contributed by atoms with Crippen LogP contribution in [0, 0.1) is 11.3 Å². The molecule has 0 radical (unpaired) electrons. The van der Waals surface area contributed by atoms with Crippen LogP contribution in [0.1, 0.15) is 51.0 Å². The van der Waals surface area contributed by atoms with Gasteiger partial charge in [0.1, 0.15) is 5.78 Å². The highest BCUT2D eigenvalue weighted by Crippen LogP contribution is 2.57. The van der Waals surface area contributed by atoms with Crippen molar-refractivity contribution in [3.63, 3.8) is 0 Å². The fraction of sp³-hybridized carbons (Fsp3) is 0.650. The van der Waals surface area contributed by atoms with Gasteiger partial charge in [0, 0.05) is 25.6 Å². The van der Waals surface area contributed by atoms with Gasteiger partial charge in [-0.2, -0.15) is 0 Å². The molecular weight excluding hydrogens is 288 g/mol. The molecule has 3 atom stereocenters. The normalized spacial score (nSPS) is 33.1. The summed E-state index contributed by atoms with van der Waals surface area (Å²) in [5.74, 6) is 0.809. The molecule has 3 unspecified atom stereocenters. The molecule has 2 aliphatic rings. The highest BCUT2D eigenvalue weighted by atomic mass is 16.5. The molecule has 3 heteroatoms. The molecule has 126 valence electrons. The van der Waals surface area contributed by atoms with Crippen molar-refractivity contribution in [2.24, 2.45) is 11.3 Å². The SMILES string of the molecule is COC12CCC(CCCOCc3ccccc3)(C1)C(=O)CC2C. The van der Waals surface area contributed by atoms with Crippen molar-refractivity contribution >= 4 is 5.78 Å². The van der Waals surface area contributed by atoms with Crippen LogP contribution < -0.4 is 0 Å². The second-order valence-electron chi connectivity index (χ2n) is 7.40. The van der Waals surface area contributed by atoms with Gasteiger partial charge in [0.25, 0.3) is 0 Å². The Morgan fingerprint density at radius 1 is 1.22 bits per heavy atom. The van der Waals surface area contributed by atoms with Gasteiger partial charge in [-0.3, -0.25) is 4.79 Å². The molecule has 0 aromatic heterocycles. The smallest absolute Gasteiger partial charge is 0.139 e. The Hall–Kier alpha value is -1.19. The van der Waals surface area contributed by atoms with Gasteiger partial charge in [0.2, 0.25) is 0 Å². The third-order valence-electron chi connectivity index (χ3n) is 6.11. The fourth-order valence-electron chi connectivity index (χ4n) is 4.54. The molecule has 0 aliphatic heterocycles. The Morgan fingerprint density at radius 3 is 2.74 bits per heavy atom. The Labute approximate surface area is 139 Å². The van der Waals surface area contributed by atoms with Crippen molar-refractivity contribution < 1.29 is 14.3 Å². The summed E-state index contributed by atoms with van der Waals surface area (Å²) in [5, 5.41) is 0. The van der Waals surface area contributed by atoms with Crippen molar-refractivity contribution in [2.75, 3.05) is 13.7 Å². The van der Waals surface area contributed by atoms with E-state index in [-0.39, 0.29) is 11.0 Å². The lowest BCUT2D eigenvalue weighted by Crippen LogP contribution is -2.46. The lowest BCUT2D eigenvalue weighted by atomic mass is 9.67. The maximum atomic E-state index is 12.6. The topological polar surface area (TPSA) is 35.5 Å². The molecule has 0 saturated heterocycles. The van der Waals surface area contributed by atoms with Crippen LogP contribution in [0.5, 0.6) is 0 Å². The highest BCUT2D eigenvalue weighted by molar-refractivity contribution is 5.87. The second-order valence-corrected chi connectivity index (χ2v) is 7.40. The third-order valence-corrected chi connectivity index (χ3v) is 6.11. The molecule has 23 heavy (non-hydrogen) atoms. The first-order valence-electron chi connectivity index (χ1n) is 8.80. The quantitative estimate of drug-likeness (QED) is 0.709. The molecule has 3 nitrogen and oxygen atoms in total. The summed E-state index contributed by atoms with van der Waals surface area (Å²) in [5.41, 5.74) is 1.00. The van der Waals surface area contributed by atoms with Crippen LogP contribution in [0.25, 0.3) is 0 Å². The number of carbonyl (C=O) groups excluding carboxylic acids is 1. The van der Waals surface area contributed by atoms with Gasteiger partial charge < -0.3 is 9.47 Å². The number of fused-ring (bicyclic) bond motifs is 2. The van der Waals surface area contributed by atoms with Crippen LogP contribution >= 0.6 is 0 Å². The van der Waals surface area contributed by atoms with Crippen molar-refractivity contribution in [3.05, 3.63) is 35.9 Å². The monoisotopic (exact) mass is 316 g/mol. The van der Waals surface area contributed by atoms with E-state index in [4.69, 9.17) is 9.47 Å². The second kappa shape index (κ2) is 6.74. The summed E-state index contributed by atoms with van der Waals surface area (Å²) in [7, 11) is 1.81. The molecule has 1 aromatic carbocycles. The van der Waals surface area contributed by atoms with Gasteiger partial charge >= 0.3 is 0 Å². The van der Waals surface area contributed by atoms with Gasteiger partial charge in [-0.15, -0.1) is 0 Å². The minimum Gasteiger partial charge on any atom is -0.378 e. The van der Waals surface area contributed by atoms with Crippen molar-refractivity contribution in [1.82, 2.24) is 0 Å². The van der Waals surface area contributed by atoms with E-state index >= 15 is 0 Å². The minimum absolute atomic E-state index is 0.0567. The van der Waals surface area contributed by atoms with Crippen LogP contribution in [0.2, 0.25) is 0 Å². The number of ether oxygens (including phenoxy) is 2. The van der Waals surface area contributed by atoms with E-state index in [1.165, 1.54) is 5.56 Å². The van der Waals surface area contributed by atoms with Crippen LogP contribution in [0.15, 0.2) is 30.3 Å². The fourth-order valence-corrected chi connectivity index (χ4v) is 4.54. The Kier molecular flexibility index (Phi) is 4.88. The molecule has 0 heterocycles. The van der Waals surface area contributed by atoms with Gasteiger partial charge in [-0.05, 0) is 43.6 Å². The van der Waals surface area contributed by atoms with Crippen molar-refractivity contribution in [1.29, 1.82) is 0 Å². The predicted molar refractivity (Wildman–Crippen MR) is 90.1 cm³/mol. The number of carbonyl (C=O) groups is 1. The van der Waals surface area contributed by atoms with Gasteiger partial charge in [-0.1, -0.05) is 37.3 Å². The summed E-state index contributed by atoms with van der Waals surface area (Å²) in [6.07, 6.45) is 5.50. The first kappa shape index (κ1) is 16.7. The highest BCUT2D eigenvalue weighted by Gasteiger charge is 2.58. The third kappa shape index (κ3) is 3.22. The number of ketones is 1. The standard InChI is InChI=1S/C20H28O3/c1-16-13-18(21)19(10-11-20(16,15-19)22-2)9-6-12-23-14-17-7-4-3-5-8-17/h3-5,7-8,16H,6,9-15H2,1-2H3. The number of Topliss-reactive ketones (excluding diaryl/α,β-unsaturated/α-hetero) is 1. The van der Waals surface area contributed by atoms with Crippen LogP contribution in [0.3, 0.4) is 0 Å². The van der Waals surface area contributed by atoms with Crippen molar-refractivity contribution in [2.45, 2.75) is 57.7 Å². The zero-order valence-corrected chi connectivity index (χ0v) is 14.3. The Balaban J connectivity index is 1.49. The maximum absolute atomic E-state index is 12.6. The Bertz CT molecular complexity index is 541. The molecule has 2 bridgehead atoms. The van der Waals surface area contributed by atoms with Crippen LogP contribution in [-0.2, 0) is 20.9 Å². The Morgan fingerprint density at radius 2 is 2.00 bits per heavy atom. The summed E-state index contributed by atoms with van der Waals surface area (Å²) in [6, 6.07) is 10.2. The van der Waals surface area contributed by atoms with Crippen LogP contribution in [-0.4, -0.2) is 25.1 Å². The molecule has 2 saturated carbocycles. The summed E-state index contributed by atoms with van der Waals surface area (Å²) in [6.45, 7) is 3.54.